The second-order valence-corrected chi connectivity index (χ2v) is 6.15. The predicted molar refractivity (Wildman–Crippen MR) is 73.9 cm³/mol. The van der Waals surface area contributed by atoms with Gasteiger partial charge >= 0.3 is 0 Å². The predicted octanol–water partition coefficient (Wildman–Crippen LogP) is 5.66. The van der Waals surface area contributed by atoms with Crippen molar-refractivity contribution in [2.75, 3.05) is 0 Å². The Morgan fingerprint density at radius 2 is 1.41 bits per heavy atom. The summed E-state index contributed by atoms with van der Waals surface area (Å²) in [6.07, 6.45) is 11.0. The van der Waals surface area contributed by atoms with Crippen LogP contribution in [0.2, 0.25) is 5.02 Å². The Morgan fingerprint density at radius 3 is 2.06 bits per heavy atom. The van der Waals surface area contributed by atoms with E-state index in [2.05, 4.69) is 18.2 Å². The Hall–Kier alpha value is -0.490. The molecule has 0 amide bonds. The normalized spacial score (nSPS) is 22.4. The number of hydrogen-bond donors (Lipinski definition) is 0. The number of halogens is 1. The highest BCUT2D eigenvalue weighted by atomic mass is 35.5. The first-order valence-corrected chi connectivity index (χ1v) is 7.52. The molecule has 2 saturated carbocycles. The molecule has 0 saturated heterocycles. The molecule has 0 aliphatic heterocycles. The SMILES string of the molecule is Clc1ccc(C2CCCC2)cc1C1CCCC1. The summed E-state index contributed by atoms with van der Waals surface area (Å²) >= 11 is 6.38. The first kappa shape index (κ1) is 11.6. The fourth-order valence-corrected chi connectivity index (χ4v) is 3.90. The number of hydrogen-bond acceptors (Lipinski definition) is 0. The molecule has 0 unspecified atom stereocenters. The van der Waals surface area contributed by atoms with Gasteiger partial charge in [-0.25, -0.2) is 0 Å². The fourth-order valence-electron chi connectivity index (χ4n) is 3.62. The van der Waals surface area contributed by atoms with E-state index in [1.54, 1.807) is 5.56 Å². The molecule has 0 bridgehead atoms. The van der Waals surface area contributed by atoms with E-state index in [1.807, 2.05) is 0 Å². The smallest absolute Gasteiger partial charge is 0.0441 e. The van der Waals surface area contributed by atoms with E-state index in [0.29, 0.717) is 0 Å². The number of benzene rings is 1. The first-order valence-electron chi connectivity index (χ1n) is 7.14. The summed E-state index contributed by atoms with van der Waals surface area (Å²) in [5.74, 6) is 1.55. The maximum Gasteiger partial charge on any atom is 0.0441 e. The lowest BCUT2D eigenvalue weighted by molar-refractivity contribution is 0.700. The molecule has 0 heterocycles. The molecule has 3 rings (SSSR count). The molecule has 0 aromatic heterocycles. The Morgan fingerprint density at radius 1 is 0.824 bits per heavy atom. The molecule has 0 nitrogen and oxygen atoms in total. The van der Waals surface area contributed by atoms with Crippen molar-refractivity contribution < 1.29 is 0 Å². The van der Waals surface area contributed by atoms with E-state index in [9.17, 15) is 0 Å². The van der Waals surface area contributed by atoms with Crippen molar-refractivity contribution in [3.05, 3.63) is 34.3 Å². The van der Waals surface area contributed by atoms with Crippen LogP contribution in [0.5, 0.6) is 0 Å². The minimum Gasteiger partial charge on any atom is -0.0840 e. The van der Waals surface area contributed by atoms with Gasteiger partial charge in [-0.3, -0.25) is 0 Å². The summed E-state index contributed by atoms with van der Waals surface area (Å²) in [6, 6.07) is 6.83. The van der Waals surface area contributed by atoms with Crippen molar-refractivity contribution in [1.29, 1.82) is 0 Å². The second-order valence-electron chi connectivity index (χ2n) is 5.74. The van der Waals surface area contributed by atoms with Crippen LogP contribution >= 0.6 is 11.6 Å². The van der Waals surface area contributed by atoms with Crippen LogP contribution in [0, 0.1) is 0 Å². The summed E-state index contributed by atoms with van der Waals surface area (Å²) in [5.41, 5.74) is 2.99. The average molecular weight is 249 g/mol. The highest BCUT2D eigenvalue weighted by Gasteiger charge is 2.22. The van der Waals surface area contributed by atoms with E-state index >= 15 is 0 Å². The van der Waals surface area contributed by atoms with Crippen LogP contribution in [0.3, 0.4) is 0 Å². The Bertz CT molecular complexity index is 385. The molecule has 0 spiro atoms. The van der Waals surface area contributed by atoms with Gasteiger partial charge in [-0.2, -0.15) is 0 Å². The van der Waals surface area contributed by atoms with Crippen LogP contribution < -0.4 is 0 Å². The third kappa shape index (κ3) is 2.38. The van der Waals surface area contributed by atoms with Crippen molar-refractivity contribution in [1.82, 2.24) is 0 Å². The van der Waals surface area contributed by atoms with Crippen molar-refractivity contribution >= 4 is 11.6 Å². The third-order valence-corrected chi connectivity index (χ3v) is 4.99. The standard InChI is InChI=1S/C16H21Cl/c17-16-10-9-14(12-5-1-2-6-12)11-15(16)13-7-3-4-8-13/h9-13H,1-8H2. The highest BCUT2D eigenvalue weighted by molar-refractivity contribution is 6.31. The maximum atomic E-state index is 6.38. The van der Waals surface area contributed by atoms with Crippen LogP contribution in [-0.2, 0) is 0 Å². The van der Waals surface area contributed by atoms with Crippen molar-refractivity contribution in [2.24, 2.45) is 0 Å². The molecule has 17 heavy (non-hydrogen) atoms. The molecule has 2 aliphatic carbocycles. The monoisotopic (exact) mass is 248 g/mol. The van der Waals surface area contributed by atoms with Gasteiger partial charge in [0.15, 0.2) is 0 Å². The Balaban J connectivity index is 1.88. The zero-order chi connectivity index (χ0) is 11.7. The van der Waals surface area contributed by atoms with Gasteiger partial charge in [-0.05, 0) is 54.7 Å². The van der Waals surface area contributed by atoms with E-state index in [0.717, 1.165) is 16.9 Å². The summed E-state index contributed by atoms with van der Waals surface area (Å²) in [6.45, 7) is 0. The van der Waals surface area contributed by atoms with E-state index in [4.69, 9.17) is 11.6 Å². The third-order valence-electron chi connectivity index (χ3n) is 4.64. The second kappa shape index (κ2) is 5.02. The van der Waals surface area contributed by atoms with Crippen LogP contribution in [0.15, 0.2) is 18.2 Å². The minimum atomic E-state index is 0.740. The van der Waals surface area contributed by atoms with Crippen LogP contribution in [0.4, 0.5) is 0 Å². The Kier molecular flexibility index (Phi) is 3.42. The maximum absolute atomic E-state index is 6.38. The van der Waals surface area contributed by atoms with Crippen molar-refractivity contribution in [3.8, 4) is 0 Å². The molecular formula is C16H21Cl. The van der Waals surface area contributed by atoms with Gasteiger partial charge in [-0.1, -0.05) is 49.4 Å². The minimum absolute atomic E-state index is 0.740. The van der Waals surface area contributed by atoms with Gasteiger partial charge in [0.2, 0.25) is 0 Å². The van der Waals surface area contributed by atoms with E-state index in [1.165, 1.54) is 56.9 Å². The van der Waals surface area contributed by atoms with Gasteiger partial charge in [0.1, 0.15) is 0 Å². The van der Waals surface area contributed by atoms with Crippen molar-refractivity contribution in [2.45, 2.75) is 63.2 Å². The lowest BCUT2D eigenvalue weighted by Gasteiger charge is -2.16. The lowest BCUT2D eigenvalue weighted by atomic mass is 9.91. The molecule has 2 aliphatic rings. The summed E-state index contributed by atoms with van der Waals surface area (Å²) in [5, 5.41) is 0.999. The van der Waals surface area contributed by atoms with Gasteiger partial charge in [0.25, 0.3) is 0 Å². The Labute approximate surface area is 109 Å². The summed E-state index contributed by atoms with van der Waals surface area (Å²) < 4.78 is 0. The van der Waals surface area contributed by atoms with E-state index < -0.39 is 0 Å². The molecular weight excluding hydrogens is 228 g/mol. The van der Waals surface area contributed by atoms with Crippen LogP contribution in [-0.4, -0.2) is 0 Å². The average Bonchev–Trinajstić information content (AvgIpc) is 3.03. The van der Waals surface area contributed by atoms with Crippen molar-refractivity contribution in [3.63, 3.8) is 0 Å². The van der Waals surface area contributed by atoms with Gasteiger partial charge < -0.3 is 0 Å². The fraction of sp³-hybridized carbons (Fsp3) is 0.625. The summed E-state index contributed by atoms with van der Waals surface area (Å²) in [7, 11) is 0. The number of rotatable bonds is 2. The largest absolute Gasteiger partial charge is 0.0840 e. The molecule has 1 heteroatoms. The first-order chi connectivity index (χ1) is 8.34. The van der Waals surface area contributed by atoms with E-state index in [-0.39, 0.29) is 0 Å². The molecule has 1 aromatic carbocycles. The summed E-state index contributed by atoms with van der Waals surface area (Å²) in [4.78, 5) is 0. The highest BCUT2D eigenvalue weighted by Crippen LogP contribution is 2.41. The molecule has 1 aromatic rings. The van der Waals surface area contributed by atoms with Gasteiger partial charge in [0.05, 0.1) is 0 Å². The molecule has 0 atom stereocenters. The zero-order valence-corrected chi connectivity index (χ0v) is 11.2. The van der Waals surface area contributed by atoms with Gasteiger partial charge in [-0.15, -0.1) is 0 Å². The van der Waals surface area contributed by atoms with Crippen LogP contribution in [0.1, 0.15) is 74.3 Å². The zero-order valence-electron chi connectivity index (χ0n) is 10.4. The quantitative estimate of drug-likeness (QED) is 0.634. The molecule has 2 fully saturated rings. The molecule has 0 N–H and O–H groups in total. The molecule has 0 radical (unpaired) electrons. The topological polar surface area (TPSA) is 0 Å². The lowest BCUT2D eigenvalue weighted by Crippen LogP contribution is -1.98. The van der Waals surface area contributed by atoms with Gasteiger partial charge in [0, 0.05) is 5.02 Å². The van der Waals surface area contributed by atoms with Crippen LogP contribution in [0.25, 0.3) is 0 Å². The molecule has 92 valence electrons.